The number of hydrogen-bond donors (Lipinski definition) is 7. The van der Waals surface area contributed by atoms with Crippen molar-refractivity contribution in [1.29, 1.82) is 0 Å². The lowest BCUT2D eigenvalue weighted by molar-refractivity contribution is -0.147. The van der Waals surface area contributed by atoms with Crippen molar-refractivity contribution in [3.8, 4) is 0 Å². The van der Waals surface area contributed by atoms with Crippen LogP contribution < -0.4 is 21.7 Å². The molecule has 26 heavy (non-hydrogen) atoms. The molecule has 2 atom stereocenters. The molecule has 0 saturated heterocycles. The van der Waals surface area contributed by atoms with Gasteiger partial charge in [-0.15, -0.1) is 0 Å². The van der Waals surface area contributed by atoms with Gasteiger partial charge >= 0.3 is 17.9 Å². The third-order valence-corrected chi connectivity index (χ3v) is 2.92. The lowest BCUT2D eigenvalue weighted by atomic mass is 10.1. The van der Waals surface area contributed by atoms with Crippen LogP contribution in [0.25, 0.3) is 0 Å². The zero-order valence-electron chi connectivity index (χ0n) is 13.6. The SMILES string of the molecule is NCC(=O)NCC(=O)NC(CCC(=O)O)C(=O)NC(CC(=O)O)C(=O)O. The van der Waals surface area contributed by atoms with E-state index in [0.717, 1.165) is 0 Å². The number of aliphatic carboxylic acids is 3. The van der Waals surface area contributed by atoms with Crippen LogP contribution in [0.2, 0.25) is 0 Å². The van der Waals surface area contributed by atoms with E-state index in [9.17, 15) is 28.8 Å². The molecule has 2 unspecified atom stereocenters. The first-order valence-electron chi connectivity index (χ1n) is 7.29. The maximum atomic E-state index is 12.1. The summed E-state index contributed by atoms with van der Waals surface area (Å²) in [5.41, 5.74) is 5.03. The maximum absolute atomic E-state index is 12.1. The first-order chi connectivity index (χ1) is 12.1. The molecule has 0 bridgehead atoms. The molecule has 0 heterocycles. The van der Waals surface area contributed by atoms with Gasteiger partial charge in [-0.3, -0.25) is 24.0 Å². The summed E-state index contributed by atoms with van der Waals surface area (Å²) in [4.78, 5) is 67.0. The van der Waals surface area contributed by atoms with E-state index in [2.05, 4.69) is 10.6 Å². The highest BCUT2D eigenvalue weighted by Gasteiger charge is 2.28. The highest BCUT2D eigenvalue weighted by Crippen LogP contribution is 2.01. The minimum Gasteiger partial charge on any atom is -0.481 e. The van der Waals surface area contributed by atoms with Crippen LogP contribution in [0.5, 0.6) is 0 Å². The Hall–Kier alpha value is -3.22. The summed E-state index contributed by atoms with van der Waals surface area (Å²) in [5.74, 6) is -6.92. The summed E-state index contributed by atoms with van der Waals surface area (Å²) in [5, 5.41) is 32.4. The predicted octanol–water partition coefficient (Wildman–Crippen LogP) is -3.54. The van der Waals surface area contributed by atoms with Gasteiger partial charge in [-0.2, -0.15) is 0 Å². The Morgan fingerprint density at radius 3 is 1.92 bits per heavy atom. The molecule has 0 radical (unpaired) electrons. The van der Waals surface area contributed by atoms with E-state index in [1.165, 1.54) is 0 Å². The summed E-state index contributed by atoms with van der Waals surface area (Å²) in [6.45, 7) is -0.907. The number of carbonyl (C=O) groups excluding carboxylic acids is 3. The fraction of sp³-hybridized carbons (Fsp3) is 0.538. The van der Waals surface area contributed by atoms with E-state index in [1.54, 1.807) is 0 Å². The van der Waals surface area contributed by atoms with Gasteiger partial charge in [0, 0.05) is 6.42 Å². The Labute approximate surface area is 146 Å². The predicted molar refractivity (Wildman–Crippen MR) is 82.7 cm³/mol. The summed E-state index contributed by atoms with van der Waals surface area (Å²) < 4.78 is 0. The zero-order chi connectivity index (χ0) is 20.3. The van der Waals surface area contributed by atoms with Crippen molar-refractivity contribution in [1.82, 2.24) is 16.0 Å². The molecule has 0 aliphatic heterocycles. The second kappa shape index (κ2) is 11.4. The average Bonchev–Trinajstić information content (AvgIpc) is 2.54. The van der Waals surface area contributed by atoms with Crippen LogP contribution in [0.4, 0.5) is 0 Å². The quantitative estimate of drug-likeness (QED) is 0.177. The highest BCUT2D eigenvalue weighted by molar-refractivity contribution is 5.93. The van der Waals surface area contributed by atoms with Crippen LogP contribution in [-0.2, 0) is 28.8 Å². The van der Waals surface area contributed by atoms with Gasteiger partial charge in [0.15, 0.2) is 0 Å². The monoisotopic (exact) mass is 376 g/mol. The first kappa shape index (κ1) is 22.8. The third kappa shape index (κ3) is 9.82. The topological polar surface area (TPSA) is 225 Å². The number of amides is 3. The Balaban J connectivity index is 4.97. The van der Waals surface area contributed by atoms with Crippen LogP contribution in [0.15, 0.2) is 0 Å². The van der Waals surface area contributed by atoms with E-state index < -0.39 is 67.1 Å². The van der Waals surface area contributed by atoms with Crippen LogP contribution in [0, 0.1) is 0 Å². The zero-order valence-corrected chi connectivity index (χ0v) is 13.6. The molecule has 0 rings (SSSR count). The van der Waals surface area contributed by atoms with Crippen molar-refractivity contribution in [2.75, 3.05) is 13.1 Å². The van der Waals surface area contributed by atoms with Crippen molar-refractivity contribution >= 4 is 35.6 Å². The van der Waals surface area contributed by atoms with E-state index in [4.69, 9.17) is 21.1 Å². The van der Waals surface area contributed by atoms with Crippen LogP contribution >= 0.6 is 0 Å². The van der Waals surface area contributed by atoms with Crippen molar-refractivity contribution in [2.24, 2.45) is 5.73 Å². The molecule has 0 saturated carbocycles. The van der Waals surface area contributed by atoms with E-state index in [-0.39, 0.29) is 13.0 Å². The molecule has 3 amide bonds. The number of hydrogen-bond acceptors (Lipinski definition) is 7. The van der Waals surface area contributed by atoms with E-state index in [0.29, 0.717) is 0 Å². The molecular formula is C13H20N4O9. The Morgan fingerprint density at radius 1 is 0.846 bits per heavy atom. The minimum absolute atomic E-state index is 0.369. The molecule has 0 aliphatic carbocycles. The van der Waals surface area contributed by atoms with Crippen molar-refractivity contribution in [3.63, 3.8) is 0 Å². The van der Waals surface area contributed by atoms with Crippen LogP contribution in [-0.4, -0.2) is 76.1 Å². The molecular weight excluding hydrogens is 356 g/mol. The number of carboxylic acids is 3. The number of nitrogens with one attached hydrogen (secondary N) is 3. The Bertz CT molecular complexity index is 578. The van der Waals surface area contributed by atoms with Crippen LogP contribution in [0.3, 0.4) is 0 Å². The molecule has 13 nitrogen and oxygen atoms in total. The Morgan fingerprint density at radius 2 is 1.46 bits per heavy atom. The van der Waals surface area contributed by atoms with Crippen molar-refractivity contribution < 1.29 is 44.1 Å². The van der Waals surface area contributed by atoms with Gasteiger partial charge in [0.25, 0.3) is 0 Å². The molecule has 0 aromatic heterocycles. The van der Waals surface area contributed by atoms with Gasteiger partial charge in [-0.1, -0.05) is 0 Å². The lowest BCUT2D eigenvalue weighted by Gasteiger charge is -2.20. The lowest BCUT2D eigenvalue weighted by Crippen LogP contribution is -2.53. The van der Waals surface area contributed by atoms with Gasteiger partial charge in [0.05, 0.1) is 19.5 Å². The summed E-state index contributed by atoms with van der Waals surface area (Å²) >= 11 is 0. The highest BCUT2D eigenvalue weighted by atomic mass is 16.4. The minimum atomic E-state index is -1.76. The van der Waals surface area contributed by atoms with E-state index >= 15 is 0 Å². The van der Waals surface area contributed by atoms with Gasteiger partial charge in [-0.25, -0.2) is 4.79 Å². The summed E-state index contributed by atoms with van der Waals surface area (Å²) in [6, 6.07) is -3.20. The van der Waals surface area contributed by atoms with Crippen molar-refractivity contribution in [3.05, 3.63) is 0 Å². The van der Waals surface area contributed by atoms with Gasteiger partial charge in [-0.05, 0) is 6.42 Å². The molecule has 0 spiro atoms. The summed E-state index contributed by atoms with van der Waals surface area (Å²) in [7, 11) is 0. The fourth-order valence-electron chi connectivity index (χ4n) is 1.68. The number of rotatable bonds is 12. The average molecular weight is 376 g/mol. The number of nitrogens with two attached hydrogens (primary N) is 1. The second-order valence-electron chi connectivity index (χ2n) is 5.03. The third-order valence-electron chi connectivity index (χ3n) is 2.92. The fourth-order valence-corrected chi connectivity index (χ4v) is 1.68. The normalized spacial score (nSPS) is 12.3. The molecule has 13 heteroatoms. The smallest absolute Gasteiger partial charge is 0.326 e. The molecule has 146 valence electrons. The molecule has 0 aromatic rings. The second-order valence-corrected chi connectivity index (χ2v) is 5.03. The van der Waals surface area contributed by atoms with Gasteiger partial charge in [0.2, 0.25) is 17.7 Å². The van der Waals surface area contributed by atoms with Crippen molar-refractivity contribution in [2.45, 2.75) is 31.3 Å². The van der Waals surface area contributed by atoms with Gasteiger partial charge in [0.1, 0.15) is 12.1 Å². The molecule has 8 N–H and O–H groups in total. The van der Waals surface area contributed by atoms with Crippen LogP contribution in [0.1, 0.15) is 19.3 Å². The number of carboxylic acid groups (broad SMARTS) is 3. The summed E-state index contributed by atoms with van der Waals surface area (Å²) in [6.07, 6.45) is -1.81. The number of carbonyl (C=O) groups is 6. The maximum Gasteiger partial charge on any atom is 0.326 e. The largest absolute Gasteiger partial charge is 0.481 e. The molecule has 0 aromatic carbocycles. The van der Waals surface area contributed by atoms with E-state index in [1.807, 2.05) is 5.32 Å². The van der Waals surface area contributed by atoms with Gasteiger partial charge < -0.3 is 37.0 Å². The standard InChI is InChI=1S/C13H20N4O9/c14-4-8(18)15-5-9(19)16-6(1-2-10(20)21)12(24)17-7(13(25)26)3-11(22)23/h6-7H,1-5,14H2,(H,15,18)(H,16,19)(H,17,24)(H,20,21)(H,22,23)(H,25,26). The first-order valence-corrected chi connectivity index (χ1v) is 7.29. The molecule has 0 fully saturated rings. The molecule has 0 aliphatic rings. The Kier molecular flexibility index (Phi) is 9.95.